The number of aromatic hydroxyl groups is 2. The Labute approximate surface area is 213 Å². The normalized spacial score (nSPS) is 23.1. The van der Waals surface area contributed by atoms with E-state index in [2.05, 4.69) is 11.2 Å². The highest BCUT2D eigenvalue weighted by atomic mass is 16.6. The summed E-state index contributed by atoms with van der Waals surface area (Å²) in [6.45, 7) is 5.32. The maximum atomic E-state index is 13.1. The number of likely N-dealkylation sites (tertiary alicyclic amines) is 1. The minimum absolute atomic E-state index is 0.00177. The molecule has 0 aliphatic carbocycles. The molecule has 36 heavy (non-hydrogen) atoms. The Morgan fingerprint density at radius 3 is 2.72 bits per heavy atom. The molecule has 1 fully saturated rings. The lowest BCUT2D eigenvalue weighted by Crippen LogP contribution is -2.37. The molecular formula is C28H38N2O6. The van der Waals surface area contributed by atoms with Gasteiger partial charge in [-0.1, -0.05) is 36.2 Å². The molecule has 1 aromatic rings. The second kappa shape index (κ2) is 13.7. The molecule has 0 saturated carbocycles. The van der Waals surface area contributed by atoms with Crippen LogP contribution >= 0.6 is 0 Å². The summed E-state index contributed by atoms with van der Waals surface area (Å²) < 4.78 is 5.75. The Kier molecular flexibility index (Phi) is 10.4. The standard InChI is InChI=1S/C28H38N2O6/c1-3-10-24-12-7-4-6-11-20(2)15-22(29-35-19-26(33)30-13-8-5-9-14-30)16-21-17-23(31)18-25(32)27(21)28(34)36-24/h4,7,15,17-18,24,31-32H,3,5-6,8-14,16,19H2,1-2H3/b7-4+,20-15+,29-22?. The van der Waals surface area contributed by atoms with E-state index in [4.69, 9.17) is 9.57 Å². The molecule has 8 nitrogen and oxygen atoms in total. The minimum atomic E-state index is -0.646. The van der Waals surface area contributed by atoms with Gasteiger partial charge in [0.15, 0.2) is 6.61 Å². The highest BCUT2D eigenvalue weighted by molar-refractivity contribution is 6.01. The fourth-order valence-electron chi connectivity index (χ4n) is 4.54. The molecule has 1 aromatic carbocycles. The van der Waals surface area contributed by atoms with Crippen LogP contribution in [0.4, 0.5) is 0 Å². The molecule has 1 amide bonds. The second-order valence-electron chi connectivity index (χ2n) is 9.53. The highest BCUT2D eigenvalue weighted by Gasteiger charge is 2.24. The van der Waals surface area contributed by atoms with Gasteiger partial charge in [0.2, 0.25) is 0 Å². The van der Waals surface area contributed by atoms with E-state index >= 15 is 0 Å². The van der Waals surface area contributed by atoms with Crippen LogP contribution in [-0.2, 0) is 20.8 Å². The third kappa shape index (κ3) is 8.14. The molecule has 2 aliphatic rings. The summed E-state index contributed by atoms with van der Waals surface area (Å²) in [7, 11) is 0. The number of benzene rings is 1. The van der Waals surface area contributed by atoms with Gasteiger partial charge in [0, 0.05) is 32.0 Å². The molecule has 0 bridgehead atoms. The summed E-state index contributed by atoms with van der Waals surface area (Å²) in [5.41, 5.74) is 1.90. The number of allylic oxidation sites excluding steroid dienone is 3. The first-order chi connectivity index (χ1) is 17.4. The minimum Gasteiger partial charge on any atom is -0.508 e. The van der Waals surface area contributed by atoms with E-state index < -0.39 is 5.97 Å². The average Bonchev–Trinajstić information content (AvgIpc) is 2.83. The highest BCUT2D eigenvalue weighted by Crippen LogP contribution is 2.30. The Morgan fingerprint density at radius 2 is 1.97 bits per heavy atom. The topological polar surface area (TPSA) is 109 Å². The van der Waals surface area contributed by atoms with Crippen LogP contribution in [0.1, 0.15) is 81.1 Å². The summed E-state index contributed by atoms with van der Waals surface area (Å²) in [6.07, 6.45) is 12.7. The molecule has 1 unspecified atom stereocenters. The zero-order valence-electron chi connectivity index (χ0n) is 21.4. The van der Waals surface area contributed by atoms with Crippen molar-refractivity contribution in [2.24, 2.45) is 5.16 Å². The number of ether oxygens (including phenoxy) is 1. The SMILES string of the molecule is CCCC1C/C=C/CC/C(C)=C/C(=NOCC(=O)N2CCCCC2)Cc2cc(O)cc(O)c2C(=O)O1. The van der Waals surface area contributed by atoms with Gasteiger partial charge in [0.25, 0.3) is 5.91 Å². The fourth-order valence-corrected chi connectivity index (χ4v) is 4.54. The molecule has 196 valence electrons. The van der Waals surface area contributed by atoms with Gasteiger partial charge >= 0.3 is 5.97 Å². The van der Waals surface area contributed by atoms with Crippen LogP contribution in [0.2, 0.25) is 0 Å². The Hall–Kier alpha value is -3.29. The van der Waals surface area contributed by atoms with Gasteiger partial charge in [-0.2, -0.15) is 0 Å². The van der Waals surface area contributed by atoms with Crippen LogP contribution in [0.15, 0.2) is 41.1 Å². The number of carbonyl (C=O) groups excluding carboxylic acids is 2. The van der Waals surface area contributed by atoms with Crippen LogP contribution in [-0.4, -0.2) is 58.5 Å². The lowest BCUT2D eigenvalue weighted by atomic mass is 9.98. The van der Waals surface area contributed by atoms with Gasteiger partial charge in [0.05, 0.1) is 5.71 Å². The monoisotopic (exact) mass is 498 g/mol. The van der Waals surface area contributed by atoms with E-state index in [9.17, 15) is 19.8 Å². The van der Waals surface area contributed by atoms with Gasteiger partial charge < -0.3 is 24.7 Å². The average molecular weight is 499 g/mol. The first-order valence-electron chi connectivity index (χ1n) is 12.9. The number of cyclic esters (lactones) is 1. The largest absolute Gasteiger partial charge is 0.508 e. The number of rotatable bonds is 5. The molecule has 2 aliphatic heterocycles. The molecule has 0 radical (unpaired) electrons. The van der Waals surface area contributed by atoms with Crippen molar-refractivity contribution in [3.05, 3.63) is 47.1 Å². The predicted octanol–water partition coefficient (Wildman–Crippen LogP) is 5.04. The third-order valence-electron chi connectivity index (χ3n) is 6.41. The fraction of sp³-hybridized carbons (Fsp3) is 0.536. The number of nitrogens with zero attached hydrogens (tertiary/aromatic N) is 2. The summed E-state index contributed by atoms with van der Waals surface area (Å²) in [6, 6.07) is 2.55. The summed E-state index contributed by atoms with van der Waals surface area (Å²) in [5.74, 6) is -1.27. The van der Waals surface area contributed by atoms with Crippen LogP contribution in [0.25, 0.3) is 0 Å². The zero-order valence-corrected chi connectivity index (χ0v) is 21.4. The van der Waals surface area contributed by atoms with Crippen LogP contribution < -0.4 is 0 Å². The molecular weight excluding hydrogens is 460 g/mol. The quantitative estimate of drug-likeness (QED) is 0.335. The number of esters is 1. The van der Waals surface area contributed by atoms with Gasteiger partial charge in [-0.15, -0.1) is 0 Å². The van der Waals surface area contributed by atoms with Gasteiger partial charge in [-0.25, -0.2) is 4.79 Å². The van der Waals surface area contributed by atoms with Gasteiger partial charge in [-0.3, -0.25) is 4.79 Å². The summed E-state index contributed by atoms with van der Waals surface area (Å²) in [4.78, 5) is 32.8. The van der Waals surface area contributed by atoms with E-state index in [0.29, 0.717) is 24.1 Å². The first kappa shape index (κ1) is 27.3. The van der Waals surface area contributed by atoms with E-state index in [-0.39, 0.29) is 42.1 Å². The van der Waals surface area contributed by atoms with E-state index in [1.807, 2.05) is 26.0 Å². The number of hydrogen-bond acceptors (Lipinski definition) is 7. The second-order valence-corrected chi connectivity index (χ2v) is 9.53. The van der Waals surface area contributed by atoms with Crippen LogP contribution in [0.3, 0.4) is 0 Å². The maximum absolute atomic E-state index is 13.1. The maximum Gasteiger partial charge on any atom is 0.342 e. The van der Waals surface area contributed by atoms with Crippen molar-refractivity contribution >= 4 is 17.6 Å². The molecule has 0 aromatic heterocycles. The van der Waals surface area contributed by atoms with Crippen LogP contribution in [0, 0.1) is 0 Å². The summed E-state index contributed by atoms with van der Waals surface area (Å²) in [5, 5.41) is 24.9. The van der Waals surface area contributed by atoms with Crippen LogP contribution in [0.5, 0.6) is 11.5 Å². The number of hydrogen-bond donors (Lipinski definition) is 2. The number of piperidine rings is 1. The number of fused-ring (bicyclic) bond motifs is 1. The lowest BCUT2D eigenvalue weighted by Gasteiger charge is -2.26. The van der Waals surface area contributed by atoms with Crippen molar-refractivity contribution in [2.75, 3.05) is 19.7 Å². The molecule has 3 rings (SSSR count). The molecule has 2 heterocycles. The Morgan fingerprint density at radius 1 is 1.19 bits per heavy atom. The van der Waals surface area contributed by atoms with Crippen molar-refractivity contribution in [1.82, 2.24) is 4.90 Å². The molecule has 0 spiro atoms. The molecule has 1 saturated heterocycles. The number of oxime groups is 1. The van der Waals surface area contributed by atoms with Gasteiger partial charge in [-0.05, 0) is 63.2 Å². The predicted molar refractivity (Wildman–Crippen MR) is 138 cm³/mol. The van der Waals surface area contributed by atoms with Crippen molar-refractivity contribution in [3.63, 3.8) is 0 Å². The Bertz CT molecular complexity index is 1010. The number of amides is 1. The molecule has 1 atom stereocenters. The van der Waals surface area contributed by atoms with Crippen molar-refractivity contribution in [2.45, 2.75) is 77.7 Å². The third-order valence-corrected chi connectivity index (χ3v) is 6.41. The Balaban J connectivity index is 1.89. The van der Waals surface area contributed by atoms with E-state index in [0.717, 1.165) is 63.3 Å². The smallest absolute Gasteiger partial charge is 0.342 e. The lowest BCUT2D eigenvalue weighted by molar-refractivity contribution is -0.137. The van der Waals surface area contributed by atoms with Crippen molar-refractivity contribution in [3.8, 4) is 11.5 Å². The van der Waals surface area contributed by atoms with Crippen molar-refractivity contribution in [1.29, 1.82) is 0 Å². The van der Waals surface area contributed by atoms with E-state index in [1.54, 1.807) is 4.90 Å². The van der Waals surface area contributed by atoms with Gasteiger partial charge in [0.1, 0.15) is 23.2 Å². The first-order valence-corrected chi connectivity index (χ1v) is 12.9. The number of carbonyl (C=O) groups is 2. The molecule has 8 heteroatoms. The zero-order chi connectivity index (χ0) is 25.9. The van der Waals surface area contributed by atoms with Crippen molar-refractivity contribution < 1.29 is 29.4 Å². The summed E-state index contributed by atoms with van der Waals surface area (Å²) >= 11 is 0. The number of phenolic OH excluding ortho intramolecular Hbond substituents is 2. The number of phenols is 2. The molecule has 2 N–H and O–H groups in total. The van der Waals surface area contributed by atoms with E-state index in [1.165, 1.54) is 6.07 Å².